The van der Waals surface area contributed by atoms with E-state index in [2.05, 4.69) is 5.16 Å². The van der Waals surface area contributed by atoms with Gasteiger partial charge in [0.05, 0.1) is 9.80 Å². The summed E-state index contributed by atoms with van der Waals surface area (Å²) >= 11 is 1.52. The molecule has 4 rings (SSSR count). The van der Waals surface area contributed by atoms with E-state index in [1.54, 1.807) is 29.2 Å². The number of nitrogens with zero attached hydrogens (tertiary/aromatic N) is 4. The lowest BCUT2D eigenvalue weighted by Crippen LogP contribution is -2.49. The van der Waals surface area contributed by atoms with E-state index in [-0.39, 0.29) is 22.2 Å². The summed E-state index contributed by atoms with van der Waals surface area (Å²) in [6, 6.07) is 12.1. The van der Waals surface area contributed by atoms with Crippen molar-refractivity contribution in [2.24, 2.45) is 0 Å². The number of nitro groups is 1. The number of carbonyl (C=O) groups excluding carboxylic acids is 1. The van der Waals surface area contributed by atoms with Crippen LogP contribution in [0.25, 0.3) is 10.6 Å². The number of benzene rings is 1. The van der Waals surface area contributed by atoms with Crippen molar-refractivity contribution in [2.75, 3.05) is 31.1 Å². The van der Waals surface area contributed by atoms with Crippen LogP contribution in [0, 0.1) is 10.1 Å². The number of nitro benzene ring substituents is 1. The minimum atomic E-state index is -0.381. The summed E-state index contributed by atoms with van der Waals surface area (Å²) in [6.07, 6.45) is 0. The number of para-hydroxylation sites is 2. The lowest BCUT2D eigenvalue weighted by molar-refractivity contribution is -0.384. The van der Waals surface area contributed by atoms with Gasteiger partial charge in [-0.15, -0.1) is 11.3 Å². The number of piperazine rings is 1. The van der Waals surface area contributed by atoms with Crippen molar-refractivity contribution in [1.29, 1.82) is 0 Å². The summed E-state index contributed by atoms with van der Waals surface area (Å²) in [5.41, 5.74) is 0.933. The molecule has 1 amide bonds. The Morgan fingerprint density at radius 3 is 2.63 bits per heavy atom. The SMILES string of the molecule is O=C(c1cc(-c2cccs2)on1)N1CCN(c2ccccc2[N+](=O)[O-])CC1. The molecule has 0 N–H and O–H groups in total. The molecule has 2 aromatic heterocycles. The first-order valence-electron chi connectivity index (χ1n) is 8.42. The van der Waals surface area contributed by atoms with Crippen molar-refractivity contribution in [1.82, 2.24) is 10.1 Å². The predicted molar refractivity (Wildman–Crippen MR) is 101 cm³/mol. The summed E-state index contributed by atoms with van der Waals surface area (Å²) < 4.78 is 5.28. The monoisotopic (exact) mass is 384 g/mol. The third-order valence-corrected chi connectivity index (χ3v) is 5.36. The summed E-state index contributed by atoms with van der Waals surface area (Å²) in [5, 5.41) is 17.0. The Morgan fingerprint density at radius 1 is 1.15 bits per heavy atom. The van der Waals surface area contributed by atoms with Gasteiger partial charge in [-0.2, -0.15) is 0 Å². The average molecular weight is 384 g/mol. The number of hydrogen-bond acceptors (Lipinski definition) is 7. The Morgan fingerprint density at radius 2 is 1.93 bits per heavy atom. The van der Waals surface area contributed by atoms with Crippen LogP contribution < -0.4 is 4.90 Å². The molecule has 0 radical (unpaired) electrons. The molecule has 3 heterocycles. The summed E-state index contributed by atoms with van der Waals surface area (Å²) in [5.74, 6) is 0.385. The molecule has 27 heavy (non-hydrogen) atoms. The molecule has 0 unspecified atom stereocenters. The largest absolute Gasteiger partial charge is 0.362 e. The van der Waals surface area contributed by atoms with E-state index in [0.29, 0.717) is 37.6 Å². The van der Waals surface area contributed by atoms with E-state index >= 15 is 0 Å². The van der Waals surface area contributed by atoms with Crippen molar-refractivity contribution >= 4 is 28.6 Å². The van der Waals surface area contributed by atoms with E-state index < -0.39 is 0 Å². The maximum atomic E-state index is 12.7. The molecule has 8 nitrogen and oxygen atoms in total. The fraction of sp³-hybridized carbons (Fsp3) is 0.222. The number of hydrogen-bond donors (Lipinski definition) is 0. The standard InChI is InChI=1S/C18H16N4O4S/c23-18(13-12-16(26-19-13)17-6-3-11-27-17)21-9-7-20(8-10-21)14-4-1-2-5-15(14)22(24)25/h1-6,11-12H,7-10H2. The molecule has 138 valence electrons. The van der Waals surface area contributed by atoms with Crippen LogP contribution in [0.1, 0.15) is 10.5 Å². The zero-order valence-electron chi connectivity index (χ0n) is 14.3. The zero-order chi connectivity index (χ0) is 18.8. The van der Waals surface area contributed by atoms with Gasteiger partial charge in [-0.25, -0.2) is 0 Å². The Bertz CT molecular complexity index is 961. The van der Waals surface area contributed by atoms with Crippen LogP contribution in [0.4, 0.5) is 11.4 Å². The van der Waals surface area contributed by atoms with Gasteiger partial charge in [-0.3, -0.25) is 14.9 Å². The van der Waals surface area contributed by atoms with Gasteiger partial charge in [0.2, 0.25) is 0 Å². The van der Waals surface area contributed by atoms with E-state index in [1.165, 1.54) is 17.4 Å². The molecule has 1 fully saturated rings. The molecule has 0 spiro atoms. The van der Waals surface area contributed by atoms with Crippen molar-refractivity contribution in [3.05, 3.63) is 63.7 Å². The highest BCUT2D eigenvalue weighted by Crippen LogP contribution is 2.29. The fourth-order valence-electron chi connectivity index (χ4n) is 3.11. The summed E-state index contributed by atoms with van der Waals surface area (Å²) in [4.78, 5) is 28.1. The van der Waals surface area contributed by atoms with Gasteiger partial charge in [0.15, 0.2) is 11.5 Å². The molecule has 9 heteroatoms. The molecule has 1 aliphatic rings. The van der Waals surface area contributed by atoms with E-state index in [0.717, 1.165) is 4.88 Å². The normalized spacial score (nSPS) is 14.4. The van der Waals surface area contributed by atoms with E-state index in [4.69, 9.17) is 4.52 Å². The van der Waals surface area contributed by atoms with Crippen LogP contribution in [0.2, 0.25) is 0 Å². The Kier molecular flexibility index (Phi) is 4.59. The van der Waals surface area contributed by atoms with Crippen molar-refractivity contribution < 1.29 is 14.2 Å². The van der Waals surface area contributed by atoms with Gasteiger partial charge >= 0.3 is 0 Å². The molecule has 0 atom stereocenters. The Labute approximate surface area is 158 Å². The second kappa shape index (κ2) is 7.20. The molecular formula is C18H16N4O4S. The molecule has 0 bridgehead atoms. The number of thiophene rings is 1. The minimum Gasteiger partial charge on any atom is -0.362 e. The van der Waals surface area contributed by atoms with Crippen molar-refractivity contribution in [3.63, 3.8) is 0 Å². The number of aromatic nitrogens is 1. The maximum absolute atomic E-state index is 12.7. The number of carbonyl (C=O) groups is 1. The topological polar surface area (TPSA) is 92.7 Å². The molecule has 0 aliphatic carbocycles. The smallest absolute Gasteiger partial charge is 0.292 e. The number of anilines is 1. The first-order valence-corrected chi connectivity index (χ1v) is 9.29. The third kappa shape index (κ3) is 3.41. The number of rotatable bonds is 4. The fourth-order valence-corrected chi connectivity index (χ4v) is 3.78. The van der Waals surface area contributed by atoms with Gasteiger partial charge in [-0.1, -0.05) is 23.4 Å². The van der Waals surface area contributed by atoms with Gasteiger partial charge in [0, 0.05) is 38.3 Å². The first-order chi connectivity index (χ1) is 13.1. The van der Waals surface area contributed by atoms with Gasteiger partial charge in [0.1, 0.15) is 5.69 Å². The Hall–Kier alpha value is -3.20. The van der Waals surface area contributed by atoms with Crippen LogP contribution in [0.5, 0.6) is 0 Å². The Balaban J connectivity index is 1.44. The molecule has 3 aromatic rings. The quantitative estimate of drug-likeness (QED) is 0.506. The van der Waals surface area contributed by atoms with Crippen LogP contribution in [0.3, 0.4) is 0 Å². The maximum Gasteiger partial charge on any atom is 0.292 e. The van der Waals surface area contributed by atoms with Crippen molar-refractivity contribution in [2.45, 2.75) is 0 Å². The summed E-state index contributed by atoms with van der Waals surface area (Å²) in [7, 11) is 0. The molecule has 1 aromatic carbocycles. The minimum absolute atomic E-state index is 0.0781. The highest BCUT2D eigenvalue weighted by Gasteiger charge is 2.27. The second-order valence-corrected chi connectivity index (χ2v) is 7.03. The molecular weight excluding hydrogens is 368 g/mol. The van der Waals surface area contributed by atoms with Crippen LogP contribution in [-0.4, -0.2) is 47.1 Å². The van der Waals surface area contributed by atoms with Gasteiger partial charge < -0.3 is 14.3 Å². The van der Waals surface area contributed by atoms with Crippen LogP contribution >= 0.6 is 11.3 Å². The van der Waals surface area contributed by atoms with Gasteiger partial charge in [0.25, 0.3) is 11.6 Å². The lowest BCUT2D eigenvalue weighted by atomic mass is 10.2. The van der Waals surface area contributed by atoms with Crippen LogP contribution in [0.15, 0.2) is 52.4 Å². The molecule has 1 aliphatic heterocycles. The molecule has 1 saturated heterocycles. The highest BCUT2D eigenvalue weighted by molar-refractivity contribution is 7.13. The van der Waals surface area contributed by atoms with Crippen LogP contribution in [-0.2, 0) is 0 Å². The van der Waals surface area contributed by atoms with Gasteiger partial charge in [-0.05, 0) is 17.5 Å². The van der Waals surface area contributed by atoms with E-state index in [9.17, 15) is 14.9 Å². The first kappa shape index (κ1) is 17.2. The molecule has 0 saturated carbocycles. The summed E-state index contributed by atoms with van der Waals surface area (Å²) in [6.45, 7) is 1.97. The zero-order valence-corrected chi connectivity index (χ0v) is 15.1. The lowest BCUT2D eigenvalue weighted by Gasteiger charge is -2.35. The highest BCUT2D eigenvalue weighted by atomic mass is 32.1. The predicted octanol–water partition coefficient (Wildman–Crippen LogP) is 3.27. The van der Waals surface area contributed by atoms with Crippen molar-refractivity contribution in [3.8, 4) is 10.6 Å². The number of amides is 1. The average Bonchev–Trinajstić information content (AvgIpc) is 3.39. The van der Waals surface area contributed by atoms with E-state index in [1.807, 2.05) is 22.4 Å². The second-order valence-electron chi connectivity index (χ2n) is 6.08. The third-order valence-electron chi connectivity index (χ3n) is 4.48.